The summed E-state index contributed by atoms with van der Waals surface area (Å²) < 4.78 is 5.11. The van der Waals surface area contributed by atoms with Crippen LogP contribution in [0.3, 0.4) is 0 Å². The molecule has 2 aliphatic heterocycles. The van der Waals surface area contributed by atoms with E-state index in [1.165, 1.54) is 32.4 Å². The molecule has 0 saturated carbocycles. The number of carbonyl (C=O) groups is 3. The molecule has 2 fully saturated rings. The highest BCUT2D eigenvalue weighted by molar-refractivity contribution is 5.90. The number of carbonyl (C=O) groups excluding carboxylic acids is 3. The van der Waals surface area contributed by atoms with Crippen molar-refractivity contribution in [3.8, 4) is 0 Å². The van der Waals surface area contributed by atoms with Crippen LogP contribution in [-0.4, -0.2) is 78.4 Å². The number of likely N-dealkylation sites (tertiary alicyclic amines) is 2. The number of ether oxygens (including phenoxy) is 1. The first-order valence-corrected chi connectivity index (χ1v) is 13.0. The van der Waals surface area contributed by atoms with Crippen LogP contribution < -0.4 is 5.32 Å². The van der Waals surface area contributed by atoms with E-state index < -0.39 is 0 Å². The Morgan fingerprint density at radius 3 is 2.44 bits per heavy atom. The van der Waals surface area contributed by atoms with Gasteiger partial charge in [0.05, 0.1) is 6.61 Å². The number of aryl methyl sites for hydroxylation is 1. The van der Waals surface area contributed by atoms with Crippen molar-refractivity contribution < 1.29 is 19.1 Å². The summed E-state index contributed by atoms with van der Waals surface area (Å²) >= 11 is 0. The van der Waals surface area contributed by atoms with E-state index in [0.717, 1.165) is 49.2 Å². The van der Waals surface area contributed by atoms with E-state index in [-0.39, 0.29) is 23.7 Å². The van der Waals surface area contributed by atoms with Gasteiger partial charge in [0, 0.05) is 37.7 Å². The van der Waals surface area contributed by atoms with Gasteiger partial charge < -0.3 is 24.8 Å². The van der Waals surface area contributed by atoms with Crippen LogP contribution in [0.25, 0.3) is 0 Å². The summed E-state index contributed by atoms with van der Waals surface area (Å²) in [4.78, 5) is 44.9. The Bertz CT molecular complexity index is 836. The molecule has 8 heteroatoms. The Labute approximate surface area is 203 Å². The van der Waals surface area contributed by atoms with Crippen molar-refractivity contribution in [3.05, 3.63) is 22.5 Å². The molecule has 0 atom stereocenters. The molecule has 2 aliphatic rings. The molecule has 190 valence electrons. The van der Waals surface area contributed by atoms with Gasteiger partial charge in [0.25, 0.3) is 0 Å². The SMILES string of the molecule is CCOC(=O)c1[nH]c(C)c(CCC(=O)N2CCC(C(=O)NCCCN3CCCCC3)CC2)c1C. The number of piperidine rings is 2. The number of hydrogen-bond acceptors (Lipinski definition) is 5. The standard InChI is InChI=1S/C26H42N4O4/c1-4-34-26(33)24-19(2)22(20(3)28-24)9-10-23(31)30-17-11-21(12-18-30)25(32)27-13-8-16-29-14-6-5-7-15-29/h21,28H,4-18H2,1-3H3,(H,27,32). The number of H-pyrrole nitrogens is 1. The summed E-state index contributed by atoms with van der Waals surface area (Å²) in [5, 5.41) is 3.11. The normalized spacial score (nSPS) is 17.6. The molecule has 2 amide bonds. The summed E-state index contributed by atoms with van der Waals surface area (Å²) in [6.07, 6.45) is 7.36. The van der Waals surface area contributed by atoms with Gasteiger partial charge in [-0.25, -0.2) is 4.79 Å². The molecule has 3 heterocycles. The zero-order valence-electron chi connectivity index (χ0n) is 21.2. The largest absolute Gasteiger partial charge is 0.461 e. The van der Waals surface area contributed by atoms with E-state index in [1.807, 2.05) is 18.7 Å². The number of rotatable bonds is 10. The van der Waals surface area contributed by atoms with Crippen LogP contribution >= 0.6 is 0 Å². The van der Waals surface area contributed by atoms with E-state index in [2.05, 4.69) is 15.2 Å². The predicted molar refractivity (Wildman–Crippen MR) is 132 cm³/mol. The Kier molecular flexibility index (Phi) is 9.99. The Morgan fingerprint density at radius 2 is 1.76 bits per heavy atom. The van der Waals surface area contributed by atoms with Crippen molar-refractivity contribution in [2.45, 2.75) is 72.1 Å². The molecule has 1 aromatic rings. The fourth-order valence-corrected chi connectivity index (χ4v) is 5.19. The van der Waals surface area contributed by atoms with Gasteiger partial charge in [0.2, 0.25) is 11.8 Å². The van der Waals surface area contributed by atoms with Crippen LogP contribution in [0, 0.1) is 19.8 Å². The van der Waals surface area contributed by atoms with Crippen molar-refractivity contribution in [1.82, 2.24) is 20.1 Å². The third-order valence-electron chi connectivity index (χ3n) is 7.28. The van der Waals surface area contributed by atoms with Gasteiger partial charge >= 0.3 is 5.97 Å². The molecular weight excluding hydrogens is 432 g/mol. The minimum absolute atomic E-state index is 0.000311. The third-order valence-corrected chi connectivity index (χ3v) is 7.28. The maximum atomic E-state index is 12.8. The minimum atomic E-state index is -0.354. The molecule has 3 rings (SSSR count). The van der Waals surface area contributed by atoms with Gasteiger partial charge in [-0.1, -0.05) is 6.42 Å². The second-order valence-corrected chi connectivity index (χ2v) is 9.65. The Hall–Kier alpha value is -2.35. The topological polar surface area (TPSA) is 94.7 Å². The van der Waals surface area contributed by atoms with Crippen molar-refractivity contribution in [2.75, 3.05) is 45.9 Å². The minimum Gasteiger partial charge on any atom is -0.461 e. The van der Waals surface area contributed by atoms with Crippen LogP contribution in [0.1, 0.15) is 79.2 Å². The van der Waals surface area contributed by atoms with Crippen LogP contribution in [0.2, 0.25) is 0 Å². The van der Waals surface area contributed by atoms with E-state index in [4.69, 9.17) is 4.74 Å². The molecule has 0 aliphatic carbocycles. The van der Waals surface area contributed by atoms with Gasteiger partial charge in [-0.3, -0.25) is 9.59 Å². The van der Waals surface area contributed by atoms with Crippen molar-refractivity contribution >= 4 is 17.8 Å². The van der Waals surface area contributed by atoms with Crippen LogP contribution in [0.4, 0.5) is 0 Å². The monoisotopic (exact) mass is 474 g/mol. The second kappa shape index (κ2) is 12.9. The molecule has 0 spiro atoms. The molecule has 1 aromatic heterocycles. The van der Waals surface area contributed by atoms with Crippen molar-refractivity contribution in [1.29, 1.82) is 0 Å². The summed E-state index contributed by atoms with van der Waals surface area (Å²) in [6, 6.07) is 0. The van der Waals surface area contributed by atoms with Gasteiger partial charge in [-0.15, -0.1) is 0 Å². The maximum Gasteiger partial charge on any atom is 0.355 e. The number of nitrogens with one attached hydrogen (secondary N) is 2. The molecule has 0 aromatic carbocycles. The highest BCUT2D eigenvalue weighted by atomic mass is 16.5. The highest BCUT2D eigenvalue weighted by Crippen LogP contribution is 2.22. The second-order valence-electron chi connectivity index (χ2n) is 9.65. The van der Waals surface area contributed by atoms with Crippen LogP contribution in [0.15, 0.2) is 0 Å². The summed E-state index contributed by atoms with van der Waals surface area (Å²) in [5.41, 5.74) is 3.25. The summed E-state index contributed by atoms with van der Waals surface area (Å²) in [5.74, 6) is -0.109. The number of nitrogens with zero attached hydrogens (tertiary/aromatic N) is 2. The first-order valence-electron chi connectivity index (χ1n) is 13.0. The lowest BCUT2D eigenvalue weighted by atomic mass is 9.95. The van der Waals surface area contributed by atoms with Gasteiger partial charge in [0.1, 0.15) is 5.69 Å². The van der Waals surface area contributed by atoms with Crippen LogP contribution in [-0.2, 0) is 20.7 Å². The number of amides is 2. The van der Waals surface area contributed by atoms with Crippen molar-refractivity contribution in [2.24, 2.45) is 5.92 Å². The van der Waals surface area contributed by atoms with E-state index >= 15 is 0 Å². The average molecular weight is 475 g/mol. The first kappa shape index (κ1) is 26.3. The van der Waals surface area contributed by atoms with E-state index in [1.54, 1.807) is 6.92 Å². The Morgan fingerprint density at radius 1 is 1.06 bits per heavy atom. The molecule has 8 nitrogen and oxygen atoms in total. The summed E-state index contributed by atoms with van der Waals surface area (Å²) in [7, 11) is 0. The summed E-state index contributed by atoms with van der Waals surface area (Å²) in [6.45, 7) is 11.4. The number of aromatic amines is 1. The lowest BCUT2D eigenvalue weighted by molar-refractivity contribution is -0.135. The molecule has 0 bridgehead atoms. The first-order chi connectivity index (χ1) is 16.4. The fraction of sp³-hybridized carbons (Fsp3) is 0.731. The molecule has 0 radical (unpaired) electrons. The maximum absolute atomic E-state index is 12.8. The third kappa shape index (κ3) is 7.08. The Balaban J connectivity index is 1.36. The predicted octanol–water partition coefficient (Wildman–Crippen LogP) is 2.97. The number of aromatic nitrogens is 1. The highest BCUT2D eigenvalue weighted by Gasteiger charge is 2.27. The molecule has 34 heavy (non-hydrogen) atoms. The molecule has 0 unspecified atom stereocenters. The van der Waals surface area contributed by atoms with Gasteiger partial charge in [-0.2, -0.15) is 0 Å². The lowest BCUT2D eigenvalue weighted by Gasteiger charge is -2.31. The molecule has 2 saturated heterocycles. The van der Waals surface area contributed by atoms with E-state index in [0.29, 0.717) is 38.2 Å². The number of esters is 1. The molecular formula is C26H42N4O4. The number of hydrogen-bond donors (Lipinski definition) is 2. The lowest BCUT2D eigenvalue weighted by Crippen LogP contribution is -2.43. The zero-order valence-corrected chi connectivity index (χ0v) is 21.2. The van der Waals surface area contributed by atoms with Gasteiger partial charge in [-0.05, 0) is 90.1 Å². The van der Waals surface area contributed by atoms with Crippen LogP contribution in [0.5, 0.6) is 0 Å². The zero-order chi connectivity index (χ0) is 24.5. The average Bonchev–Trinajstić information content (AvgIpc) is 3.14. The van der Waals surface area contributed by atoms with E-state index in [9.17, 15) is 14.4 Å². The van der Waals surface area contributed by atoms with Gasteiger partial charge in [0.15, 0.2) is 0 Å². The fourth-order valence-electron chi connectivity index (χ4n) is 5.19. The quantitative estimate of drug-likeness (QED) is 0.402. The van der Waals surface area contributed by atoms with Crippen molar-refractivity contribution in [3.63, 3.8) is 0 Å². The smallest absolute Gasteiger partial charge is 0.355 e. The molecule has 2 N–H and O–H groups in total.